The molecule has 22 heavy (non-hydrogen) atoms. The maximum atomic E-state index is 12.0. The van der Waals surface area contributed by atoms with Gasteiger partial charge in [0.25, 0.3) is 5.91 Å². The van der Waals surface area contributed by atoms with Crippen LogP contribution in [0.15, 0.2) is 34.9 Å². The van der Waals surface area contributed by atoms with E-state index in [4.69, 9.17) is 9.26 Å². The van der Waals surface area contributed by atoms with Gasteiger partial charge in [-0.15, -0.1) is 0 Å². The number of hydrogen-bond acceptors (Lipinski definition) is 4. The number of anilines is 1. The lowest BCUT2D eigenvalue weighted by molar-refractivity contribution is -0.122. The molecular weight excluding hydrogens is 280 g/mol. The molecule has 5 heteroatoms. The summed E-state index contributed by atoms with van der Waals surface area (Å²) in [6.07, 6.45) is 0.474. The molecule has 0 aliphatic rings. The smallest absolute Gasteiger partial charge is 0.266 e. The molecule has 0 radical (unpaired) electrons. The fourth-order valence-electron chi connectivity index (χ4n) is 2.02. The summed E-state index contributed by atoms with van der Waals surface area (Å²) >= 11 is 0. The first kappa shape index (κ1) is 16.1. The molecule has 2 aromatic rings. The zero-order valence-electron chi connectivity index (χ0n) is 13.4. The Morgan fingerprint density at radius 3 is 2.55 bits per heavy atom. The van der Waals surface area contributed by atoms with Gasteiger partial charge in [0.05, 0.1) is 0 Å². The van der Waals surface area contributed by atoms with Gasteiger partial charge in [0, 0.05) is 6.07 Å². The van der Waals surface area contributed by atoms with Crippen molar-refractivity contribution in [1.29, 1.82) is 0 Å². The first-order valence-corrected chi connectivity index (χ1v) is 7.50. The van der Waals surface area contributed by atoms with E-state index in [0.717, 1.165) is 6.42 Å². The number of amides is 1. The lowest BCUT2D eigenvalue weighted by Gasteiger charge is -2.15. The molecule has 0 saturated heterocycles. The van der Waals surface area contributed by atoms with Crippen molar-refractivity contribution in [3.8, 4) is 5.75 Å². The molecule has 0 saturated carbocycles. The Kier molecular flexibility index (Phi) is 5.20. The lowest BCUT2D eigenvalue weighted by Crippen LogP contribution is -2.30. The summed E-state index contributed by atoms with van der Waals surface area (Å²) in [5.41, 5.74) is 1.27. The maximum Gasteiger partial charge on any atom is 0.266 e. The predicted octanol–water partition coefficient (Wildman–Crippen LogP) is 3.90. The molecule has 0 aliphatic heterocycles. The van der Waals surface area contributed by atoms with Gasteiger partial charge >= 0.3 is 0 Å². The quantitative estimate of drug-likeness (QED) is 0.879. The van der Waals surface area contributed by atoms with E-state index in [2.05, 4.69) is 24.3 Å². The summed E-state index contributed by atoms with van der Waals surface area (Å²) in [5.74, 6) is 1.96. The summed E-state index contributed by atoms with van der Waals surface area (Å²) in [6.45, 7) is 7.81. The third kappa shape index (κ3) is 4.10. The minimum Gasteiger partial charge on any atom is -0.481 e. The highest BCUT2D eigenvalue weighted by Gasteiger charge is 2.16. The van der Waals surface area contributed by atoms with Crippen molar-refractivity contribution in [2.75, 3.05) is 5.32 Å². The number of carbonyl (C=O) groups is 1. The van der Waals surface area contributed by atoms with Crippen LogP contribution in [0.1, 0.15) is 44.4 Å². The molecule has 1 N–H and O–H groups in total. The van der Waals surface area contributed by atoms with E-state index >= 15 is 0 Å². The molecule has 1 heterocycles. The summed E-state index contributed by atoms with van der Waals surface area (Å²) < 4.78 is 10.6. The molecule has 1 aromatic carbocycles. The van der Waals surface area contributed by atoms with E-state index in [1.807, 2.05) is 24.3 Å². The molecule has 2 unspecified atom stereocenters. The second kappa shape index (κ2) is 7.11. The molecule has 118 valence electrons. The van der Waals surface area contributed by atoms with Gasteiger partial charge in [-0.2, -0.15) is 0 Å². The number of nitrogens with one attached hydrogen (secondary N) is 1. The van der Waals surface area contributed by atoms with Crippen LogP contribution in [0.2, 0.25) is 0 Å². The Hall–Kier alpha value is -2.30. The molecule has 0 bridgehead atoms. The van der Waals surface area contributed by atoms with E-state index in [1.165, 1.54) is 5.56 Å². The SMILES string of the molecule is CCC(C)c1ccc(OC(C)C(=O)Nc2cc(C)on2)cc1. The minimum atomic E-state index is -0.619. The van der Waals surface area contributed by atoms with Crippen molar-refractivity contribution < 1.29 is 14.1 Å². The number of ether oxygens (including phenoxy) is 1. The van der Waals surface area contributed by atoms with Gasteiger partial charge in [-0.05, 0) is 43.9 Å². The summed E-state index contributed by atoms with van der Waals surface area (Å²) in [4.78, 5) is 12.0. The summed E-state index contributed by atoms with van der Waals surface area (Å²) in [7, 11) is 0. The Morgan fingerprint density at radius 1 is 1.32 bits per heavy atom. The number of benzene rings is 1. The van der Waals surface area contributed by atoms with Crippen molar-refractivity contribution in [3.63, 3.8) is 0 Å². The molecule has 2 rings (SSSR count). The van der Waals surface area contributed by atoms with Gasteiger partial charge in [0.2, 0.25) is 0 Å². The highest BCUT2D eigenvalue weighted by Crippen LogP contribution is 2.22. The van der Waals surface area contributed by atoms with Crippen LogP contribution in [0.25, 0.3) is 0 Å². The van der Waals surface area contributed by atoms with E-state index in [9.17, 15) is 4.79 Å². The van der Waals surface area contributed by atoms with Gasteiger partial charge in [-0.1, -0.05) is 31.1 Å². The average molecular weight is 302 g/mol. The van der Waals surface area contributed by atoms with Crippen LogP contribution in [0.3, 0.4) is 0 Å². The molecule has 0 aliphatic carbocycles. The largest absolute Gasteiger partial charge is 0.481 e. The predicted molar refractivity (Wildman–Crippen MR) is 85.1 cm³/mol. The van der Waals surface area contributed by atoms with Crippen LogP contribution in [-0.4, -0.2) is 17.2 Å². The second-order valence-corrected chi connectivity index (χ2v) is 5.45. The van der Waals surface area contributed by atoms with Crippen LogP contribution < -0.4 is 10.1 Å². The van der Waals surface area contributed by atoms with Crippen LogP contribution in [0.4, 0.5) is 5.82 Å². The summed E-state index contributed by atoms with van der Waals surface area (Å²) in [6, 6.07) is 9.52. The van der Waals surface area contributed by atoms with Crippen molar-refractivity contribution in [3.05, 3.63) is 41.7 Å². The third-order valence-electron chi connectivity index (χ3n) is 3.62. The van der Waals surface area contributed by atoms with Crippen molar-refractivity contribution in [2.24, 2.45) is 0 Å². The average Bonchev–Trinajstić information content (AvgIpc) is 2.92. The van der Waals surface area contributed by atoms with Gasteiger partial charge in [0.1, 0.15) is 11.5 Å². The molecule has 2 atom stereocenters. The Bertz CT molecular complexity index is 619. The maximum absolute atomic E-state index is 12.0. The first-order valence-electron chi connectivity index (χ1n) is 7.50. The van der Waals surface area contributed by atoms with E-state index < -0.39 is 6.10 Å². The van der Waals surface area contributed by atoms with Crippen LogP contribution in [0.5, 0.6) is 5.75 Å². The van der Waals surface area contributed by atoms with E-state index in [1.54, 1.807) is 19.9 Å². The highest BCUT2D eigenvalue weighted by atomic mass is 16.5. The number of hydrogen-bond donors (Lipinski definition) is 1. The zero-order valence-corrected chi connectivity index (χ0v) is 13.4. The fourth-order valence-corrected chi connectivity index (χ4v) is 2.02. The molecular formula is C17H22N2O3. The molecule has 0 spiro atoms. The Labute approximate surface area is 130 Å². The van der Waals surface area contributed by atoms with E-state index in [0.29, 0.717) is 23.2 Å². The highest BCUT2D eigenvalue weighted by molar-refractivity contribution is 5.93. The van der Waals surface area contributed by atoms with Crippen LogP contribution >= 0.6 is 0 Å². The lowest BCUT2D eigenvalue weighted by atomic mass is 9.99. The van der Waals surface area contributed by atoms with Gasteiger partial charge < -0.3 is 14.6 Å². The fraction of sp³-hybridized carbons (Fsp3) is 0.412. The third-order valence-corrected chi connectivity index (χ3v) is 3.62. The number of carbonyl (C=O) groups excluding carboxylic acids is 1. The Morgan fingerprint density at radius 2 is 2.00 bits per heavy atom. The molecule has 0 fully saturated rings. The topological polar surface area (TPSA) is 64.4 Å². The molecule has 5 nitrogen and oxygen atoms in total. The van der Waals surface area contributed by atoms with Crippen LogP contribution in [0, 0.1) is 6.92 Å². The number of nitrogens with zero attached hydrogens (tertiary/aromatic N) is 1. The summed E-state index contributed by atoms with van der Waals surface area (Å²) in [5, 5.41) is 6.38. The van der Waals surface area contributed by atoms with Gasteiger partial charge in [0.15, 0.2) is 11.9 Å². The minimum absolute atomic E-state index is 0.265. The van der Waals surface area contributed by atoms with Gasteiger partial charge in [-0.25, -0.2) is 0 Å². The zero-order chi connectivity index (χ0) is 16.1. The van der Waals surface area contributed by atoms with Crippen molar-refractivity contribution in [1.82, 2.24) is 5.16 Å². The van der Waals surface area contributed by atoms with E-state index in [-0.39, 0.29) is 5.91 Å². The molecule has 1 amide bonds. The monoisotopic (exact) mass is 302 g/mol. The standard InChI is InChI=1S/C17H22N2O3/c1-5-11(2)14-6-8-15(9-7-14)21-13(4)17(20)18-16-10-12(3)22-19-16/h6-11,13H,5H2,1-4H3,(H,18,19,20). The van der Waals surface area contributed by atoms with Gasteiger partial charge in [-0.3, -0.25) is 4.79 Å². The second-order valence-electron chi connectivity index (χ2n) is 5.45. The Balaban J connectivity index is 1.93. The normalized spacial score (nSPS) is 13.5. The number of aromatic nitrogens is 1. The first-order chi connectivity index (χ1) is 10.5. The van der Waals surface area contributed by atoms with Crippen LogP contribution in [-0.2, 0) is 4.79 Å². The van der Waals surface area contributed by atoms with Crippen molar-refractivity contribution in [2.45, 2.75) is 46.1 Å². The molecule has 1 aromatic heterocycles. The number of rotatable bonds is 6. The number of aryl methyl sites for hydroxylation is 1. The van der Waals surface area contributed by atoms with Crippen molar-refractivity contribution >= 4 is 11.7 Å².